The van der Waals surface area contributed by atoms with E-state index in [4.69, 9.17) is 24.3 Å². The molecule has 0 rings (SSSR count). The zero-order valence-corrected chi connectivity index (χ0v) is 50.1. The Hall–Kier alpha value is -2.81. The summed E-state index contributed by atoms with van der Waals surface area (Å²) in [5, 5.41) is 0. The summed E-state index contributed by atoms with van der Waals surface area (Å²) in [6.45, 7) is 3.63. The molecule has 2 unspecified atom stereocenters. The van der Waals surface area contributed by atoms with Gasteiger partial charge < -0.3 is 20.1 Å². The highest BCUT2D eigenvalue weighted by Crippen LogP contribution is 2.43. The maximum atomic E-state index is 12.7. The first-order valence-corrected chi connectivity index (χ1v) is 33.1. The predicted octanol–water partition coefficient (Wildman–Crippen LogP) is 20.2. The zero-order chi connectivity index (χ0) is 55.2. The quantitative estimate of drug-likeness (QED) is 0.0264. The largest absolute Gasteiger partial charge is 0.472 e. The van der Waals surface area contributed by atoms with Crippen LogP contribution in [0, 0.1) is 0 Å². The number of phosphoric ester groups is 1. The van der Waals surface area contributed by atoms with Gasteiger partial charge in [-0.3, -0.25) is 18.6 Å². The number of ether oxygens (including phenoxy) is 2. The van der Waals surface area contributed by atoms with Crippen LogP contribution in [0.3, 0.4) is 0 Å². The molecule has 0 bridgehead atoms. The van der Waals surface area contributed by atoms with Gasteiger partial charge in [0.05, 0.1) is 13.2 Å². The second-order valence-electron chi connectivity index (χ2n) is 20.9. The monoisotopic (exact) mass is 1080 g/mol. The minimum absolute atomic E-state index is 0.0512. The molecule has 0 spiro atoms. The normalized spacial score (nSPS) is 13.6. The third-order valence-corrected chi connectivity index (χ3v) is 14.5. The van der Waals surface area contributed by atoms with Crippen LogP contribution in [0.25, 0.3) is 0 Å². The van der Waals surface area contributed by atoms with E-state index in [9.17, 15) is 19.0 Å². The number of rotatable bonds is 59. The van der Waals surface area contributed by atoms with Crippen LogP contribution in [-0.2, 0) is 32.7 Å². The van der Waals surface area contributed by atoms with Gasteiger partial charge in [-0.1, -0.05) is 272 Å². The SMILES string of the molecule is CC/C=C\C/C=C\C/C=C\C/C=C\C/C=C\CCCCCCCCCCCCCCCCCCCCCCCC(=O)OC(COC(=O)CCCCCCCCC/C=C\C/C=C\CCCCCC)COP(=O)(O)OCCN. The second-order valence-corrected chi connectivity index (χ2v) is 22.3. The van der Waals surface area contributed by atoms with Crippen molar-refractivity contribution in [3.05, 3.63) is 85.1 Å². The molecule has 76 heavy (non-hydrogen) atoms. The topological polar surface area (TPSA) is 134 Å². The van der Waals surface area contributed by atoms with Crippen molar-refractivity contribution in [3.8, 4) is 0 Å². The molecule has 0 saturated carbocycles. The summed E-state index contributed by atoms with van der Waals surface area (Å²) in [5.41, 5.74) is 5.39. The van der Waals surface area contributed by atoms with Crippen molar-refractivity contribution < 1.29 is 37.6 Å². The summed E-state index contributed by atoms with van der Waals surface area (Å²) < 4.78 is 33.1. The summed E-state index contributed by atoms with van der Waals surface area (Å²) in [6.07, 6.45) is 80.9. The number of hydrogen-bond acceptors (Lipinski definition) is 8. The van der Waals surface area contributed by atoms with Crippen LogP contribution in [0.5, 0.6) is 0 Å². The van der Waals surface area contributed by atoms with Gasteiger partial charge in [0, 0.05) is 19.4 Å². The highest BCUT2D eigenvalue weighted by atomic mass is 31.2. The summed E-state index contributed by atoms with van der Waals surface area (Å²) >= 11 is 0. The molecule has 0 aliphatic rings. The fourth-order valence-electron chi connectivity index (χ4n) is 8.87. The van der Waals surface area contributed by atoms with Gasteiger partial charge in [-0.25, -0.2) is 4.57 Å². The van der Waals surface area contributed by atoms with E-state index < -0.39 is 26.5 Å². The molecule has 3 N–H and O–H groups in total. The lowest BCUT2D eigenvalue weighted by molar-refractivity contribution is -0.161. The van der Waals surface area contributed by atoms with Gasteiger partial charge in [0.15, 0.2) is 6.10 Å². The Bertz CT molecular complexity index is 1520. The van der Waals surface area contributed by atoms with Crippen molar-refractivity contribution in [2.24, 2.45) is 5.73 Å². The fraction of sp³-hybridized carbons (Fsp3) is 0.758. The molecule has 0 fully saturated rings. The van der Waals surface area contributed by atoms with E-state index >= 15 is 0 Å². The molecule has 0 aromatic rings. The van der Waals surface area contributed by atoms with E-state index in [1.807, 2.05) is 0 Å². The molecule has 0 aromatic carbocycles. The van der Waals surface area contributed by atoms with E-state index in [-0.39, 0.29) is 38.6 Å². The average molecular weight is 1080 g/mol. The Balaban J connectivity index is 3.85. The molecule has 0 saturated heterocycles. The molecule has 440 valence electrons. The van der Waals surface area contributed by atoms with Gasteiger partial charge >= 0.3 is 19.8 Å². The first-order chi connectivity index (χ1) is 37.3. The summed E-state index contributed by atoms with van der Waals surface area (Å²) in [4.78, 5) is 35.2. The van der Waals surface area contributed by atoms with Crippen molar-refractivity contribution >= 4 is 19.8 Å². The van der Waals surface area contributed by atoms with Gasteiger partial charge in [0.1, 0.15) is 6.61 Å². The average Bonchev–Trinajstić information content (AvgIpc) is 3.41. The van der Waals surface area contributed by atoms with Gasteiger partial charge in [0.2, 0.25) is 0 Å². The molecule has 0 aromatic heterocycles. The van der Waals surface area contributed by atoms with E-state index in [0.717, 1.165) is 89.9 Å². The number of nitrogens with two attached hydrogens (primary N) is 1. The number of carbonyl (C=O) groups is 2. The van der Waals surface area contributed by atoms with Crippen LogP contribution < -0.4 is 5.73 Å². The molecular formula is C66H118NO8P. The molecule has 0 aliphatic carbocycles. The Kier molecular flexibility index (Phi) is 59.1. The lowest BCUT2D eigenvalue weighted by Gasteiger charge is -2.19. The number of unbranched alkanes of at least 4 members (excludes halogenated alkanes) is 32. The highest BCUT2D eigenvalue weighted by molar-refractivity contribution is 7.47. The minimum Gasteiger partial charge on any atom is -0.462 e. The zero-order valence-electron chi connectivity index (χ0n) is 49.2. The van der Waals surface area contributed by atoms with Gasteiger partial charge in [-0.2, -0.15) is 0 Å². The number of allylic oxidation sites excluding steroid dienone is 14. The first-order valence-electron chi connectivity index (χ1n) is 31.6. The molecule has 0 radical (unpaired) electrons. The molecule has 9 nitrogen and oxygen atoms in total. The third-order valence-electron chi connectivity index (χ3n) is 13.5. The Morgan fingerprint density at radius 3 is 1.08 bits per heavy atom. The standard InChI is InChI=1S/C66H118NO8P/c1-3-5-7-9-11-13-15-17-19-21-23-24-25-26-27-28-29-30-31-32-33-34-35-36-37-38-39-40-41-43-45-47-49-51-53-55-57-59-66(69)75-64(63-74-76(70,71)73-61-60-67)62-72-65(68)58-56-54-52-50-48-46-44-42-22-20-18-16-14-12-10-8-6-4-2/h5,7,11,13-14,16-17,19-20,22-24,26-27,64H,3-4,6,8-10,12,15,18,21,25,28-63,67H2,1-2H3,(H,70,71)/b7-5-,13-11-,16-14-,19-17-,22-20-,24-23-,27-26-. The Labute approximate surface area is 468 Å². The van der Waals surface area contributed by atoms with Crippen LogP contribution in [0.1, 0.15) is 290 Å². The third kappa shape index (κ3) is 60.4. The minimum atomic E-state index is -4.39. The van der Waals surface area contributed by atoms with Gasteiger partial charge in [-0.05, 0) is 89.9 Å². The number of carbonyl (C=O) groups excluding carboxylic acids is 2. The maximum absolute atomic E-state index is 12.7. The number of esters is 2. The van der Waals surface area contributed by atoms with Crippen LogP contribution in [-0.4, -0.2) is 49.3 Å². The van der Waals surface area contributed by atoms with Crippen molar-refractivity contribution in [1.29, 1.82) is 0 Å². The fourth-order valence-corrected chi connectivity index (χ4v) is 9.64. The predicted molar refractivity (Wildman–Crippen MR) is 325 cm³/mol. The second kappa shape index (κ2) is 61.4. The van der Waals surface area contributed by atoms with E-state index in [1.165, 1.54) is 167 Å². The van der Waals surface area contributed by atoms with Gasteiger partial charge in [-0.15, -0.1) is 0 Å². The Morgan fingerprint density at radius 1 is 0.408 bits per heavy atom. The van der Waals surface area contributed by atoms with E-state index in [0.29, 0.717) is 6.42 Å². The smallest absolute Gasteiger partial charge is 0.462 e. The van der Waals surface area contributed by atoms with Crippen molar-refractivity contribution in [2.45, 2.75) is 296 Å². The van der Waals surface area contributed by atoms with Crippen molar-refractivity contribution in [3.63, 3.8) is 0 Å². The molecule has 0 aliphatic heterocycles. The molecular weight excluding hydrogens is 966 g/mol. The first kappa shape index (κ1) is 73.2. The van der Waals surface area contributed by atoms with Crippen LogP contribution in [0.15, 0.2) is 85.1 Å². The molecule has 10 heteroatoms. The van der Waals surface area contributed by atoms with Crippen LogP contribution in [0.2, 0.25) is 0 Å². The lowest BCUT2D eigenvalue weighted by atomic mass is 10.0. The Morgan fingerprint density at radius 2 is 0.724 bits per heavy atom. The molecule has 2 atom stereocenters. The van der Waals surface area contributed by atoms with Crippen molar-refractivity contribution in [2.75, 3.05) is 26.4 Å². The van der Waals surface area contributed by atoms with Crippen LogP contribution in [0.4, 0.5) is 0 Å². The summed E-state index contributed by atoms with van der Waals surface area (Å²) in [7, 11) is -4.39. The van der Waals surface area contributed by atoms with Crippen LogP contribution >= 0.6 is 7.82 Å². The summed E-state index contributed by atoms with van der Waals surface area (Å²) in [5.74, 6) is -0.828. The highest BCUT2D eigenvalue weighted by Gasteiger charge is 2.26. The lowest BCUT2D eigenvalue weighted by Crippen LogP contribution is -2.29. The summed E-state index contributed by atoms with van der Waals surface area (Å²) in [6, 6.07) is 0. The van der Waals surface area contributed by atoms with Gasteiger partial charge in [0.25, 0.3) is 0 Å². The number of hydrogen-bond donors (Lipinski definition) is 2. The maximum Gasteiger partial charge on any atom is 0.472 e. The van der Waals surface area contributed by atoms with Crippen molar-refractivity contribution in [1.82, 2.24) is 0 Å². The molecule has 0 heterocycles. The number of phosphoric acid groups is 1. The van der Waals surface area contributed by atoms with E-state index in [1.54, 1.807) is 0 Å². The van der Waals surface area contributed by atoms with E-state index in [2.05, 4.69) is 98.9 Å². The molecule has 0 amide bonds.